The Kier molecular flexibility index (Phi) is 2.95. The van der Waals surface area contributed by atoms with Gasteiger partial charge < -0.3 is 10.3 Å². The van der Waals surface area contributed by atoms with Crippen molar-refractivity contribution in [3.63, 3.8) is 0 Å². The van der Waals surface area contributed by atoms with Gasteiger partial charge >= 0.3 is 0 Å². The fourth-order valence-electron chi connectivity index (χ4n) is 1.50. The Morgan fingerprint density at radius 2 is 2.06 bits per heavy atom. The van der Waals surface area contributed by atoms with Crippen molar-refractivity contribution in [1.82, 2.24) is 14.5 Å². The standard InChI is InChI=1S/C10H13N5O2S/c1-7-3-4-8(5-12-7)14-18(16,17)10-9(11)13-6-15(10)2/h3-6,14H,11H2,1-2H3. The van der Waals surface area contributed by atoms with E-state index in [2.05, 4.69) is 14.7 Å². The molecule has 2 aromatic rings. The van der Waals surface area contributed by atoms with Gasteiger partial charge in [-0.2, -0.15) is 8.42 Å². The zero-order valence-corrected chi connectivity index (χ0v) is 10.8. The average molecular weight is 267 g/mol. The lowest BCUT2D eigenvalue weighted by Crippen LogP contribution is -2.17. The second-order valence-corrected chi connectivity index (χ2v) is 5.44. The molecule has 3 N–H and O–H groups in total. The van der Waals surface area contributed by atoms with Crippen LogP contribution in [0.15, 0.2) is 29.7 Å². The molecule has 2 rings (SSSR count). The van der Waals surface area contributed by atoms with Gasteiger partial charge in [0.1, 0.15) is 0 Å². The molecule has 0 spiro atoms. The van der Waals surface area contributed by atoms with Crippen molar-refractivity contribution in [3.8, 4) is 0 Å². The predicted molar refractivity (Wildman–Crippen MR) is 67.4 cm³/mol. The van der Waals surface area contributed by atoms with E-state index in [0.29, 0.717) is 5.69 Å². The van der Waals surface area contributed by atoms with Gasteiger partial charge in [-0.3, -0.25) is 9.71 Å². The number of sulfonamides is 1. The fraction of sp³-hybridized carbons (Fsp3) is 0.200. The minimum Gasteiger partial charge on any atom is -0.381 e. The third-order valence-electron chi connectivity index (χ3n) is 2.33. The molecule has 0 fully saturated rings. The second-order valence-electron chi connectivity index (χ2n) is 3.84. The second kappa shape index (κ2) is 4.30. The fourth-order valence-corrected chi connectivity index (χ4v) is 2.78. The number of pyridine rings is 1. The molecule has 0 aromatic carbocycles. The quantitative estimate of drug-likeness (QED) is 0.843. The van der Waals surface area contributed by atoms with Gasteiger partial charge in [-0.15, -0.1) is 0 Å². The molecule has 0 amide bonds. The maximum absolute atomic E-state index is 12.1. The summed E-state index contributed by atoms with van der Waals surface area (Å²) in [5.74, 6) is -0.0370. The summed E-state index contributed by atoms with van der Waals surface area (Å²) in [5, 5.41) is -0.0666. The first-order valence-corrected chi connectivity index (χ1v) is 6.61. The molecule has 0 bridgehead atoms. The highest BCUT2D eigenvalue weighted by atomic mass is 32.2. The summed E-state index contributed by atoms with van der Waals surface area (Å²) < 4.78 is 28.0. The van der Waals surface area contributed by atoms with E-state index in [1.165, 1.54) is 17.1 Å². The number of nitrogen functional groups attached to an aromatic ring is 1. The molecule has 0 saturated heterocycles. The lowest BCUT2D eigenvalue weighted by molar-refractivity contribution is 0.592. The Morgan fingerprint density at radius 1 is 1.33 bits per heavy atom. The normalized spacial score (nSPS) is 11.4. The number of imidazole rings is 1. The van der Waals surface area contributed by atoms with Crippen molar-refractivity contribution in [3.05, 3.63) is 30.4 Å². The van der Waals surface area contributed by atoms with Gasteiger partial charge in [0.15, 0.2) is 10.8 Å². The summed E-state index contributed by atoms with van der Waals surface area (Å²) in [5.41, 5.74) is 6.72. The van der Waals surface area contributed by atoms with Crippen LogP contribution >= 0.6 is 0 Å². The summed E-state index contributed by atoms with van der Waals surface area (Å²) >= 11 is 0. The molecule has 0 saturated carbocycles. The molecule has 0 radical (unpaired) electrons. The van der Waals surface area contributed by atoms with Gasteiger partial charge in [0.2, 0.25) is 0 Å². The number of nitrogens with one attached hydrogen (secondary N) is 1. The first kappa shape index (κ1) is 12.4. The Hall–Kier alpha value is -2.09. The maximum atomic E-state index is 12.1. The van der Waals surface area contributed by atoms with Crippen molar-refractivity contribution in [2.24, 2.45) is 7.05 Å². The molecule has 0 aliphatic heterocycles. The van der Waals surface area contributed by atoms with Gasteiger partial charge in [0.25, 0.3) is 10.0 Å². The Morgan fingerprint density at radius 3 is 2.56 bits per heavy atom. The van der Waals surface area contributed by atoms with E-state index < -0.39 is 10.0 Å². The highest BCUT2D eigenvalue weighted by Gasteiger charge is 2.22. The zero-order chi connectivity index (χ0) is 13.3. The molecule has 0 aliphatic rings. The molecule has 2 aromatic heterocycles. The van der Waals surface area contributed by atoms with Crippen molar-refractivity contribution in [2.45, 2.75) is 11.9 Å². The molecule has 0 unspecified atom stereocenters. The molecule has 96 valence electrons. The Bertz CT molecular complexity index is 641. The lowest BCUT2D eigenvalue weighted by atomic mass is 10.4. The number of hydrogen-bond acceptors (Lipinski definition) is 5. The number of aromatic nitrogens is 3. The van der Waals surface area contributed by atoms with Crippen LogP contribution in [0.3, 0.4) is 0 Å². The smallest absolute Gasteiger partial charge is 0.281 e. The van der Waals surface area contributed by atoms with Gasteiger partial charge in [-0.05, 0) is 19.1 Å². The zero-order valence-electron chi connectivity index (χ0n) is 9.95. The highest BCUT2D eigenvalue weighted by molar-refractivity contribution is 7.92. The number of anilines is 2. The van der Waals surface area contributed by atoms with Crippen molar-refractivity contribution >= 4 is 21.5 Å². The monoisotopic (exact) mass is 267 g/mol. The van der Waals surface area contributed by atoms with E-state index in [4.69, 9.17) is 5.73 Å². The molecule has 18 heavy (non-hydrogen) atoms. The van der Waals surface area contributed by atoms with Gasteiger partial charge in [-0.1, -0.05) is 0 Å². The van der Waals surface area contributed by atoms with Crippen molar-refractivity contribution < 1.29 is 8.42 Å². The number of nitrogens with zero attached hydrogens (tertiary/aromatic N) is 3. The van der Waals surface area contributed by atoms with Crippen LogP contribution in [-0.4, -0.2) is 23.0 Å². The number of nitrogens with two attached hydrogens (primary N) is 1. The van der Waals surface area contributed by atoms with Crippen LogP contribution in [0, 0.1) is 6.92 Å². The number of aryl methyl sites for hydroxylation is 2. The lowest BCUT2D eigenvalue weighted by Gasteiger charge is -2.08. The summed E-state index contributed by atoms with van der Waals surface area (Å²) in [4.78, 5) is 7.75. The third kappa shape index (κ3) is 2.28. The first-order chi connectivity index (χ1) is 8.40. The van der Waals surface area contributed by atoms with E-state index in [9.17, 15) is 8.42 Å². The maximum Gasteiger partial charge on any atom is 0.281 e. The molecule has 0 atom stereocenters. The molecule has 7 nitrogen and oxygen atoms in total. The molecular weight excluding hydrogens is 254 g/mol. The van der Waals surface area contributed by atoms with Gasteiger partial charge in [-0.25, -0.2) is 4.98 Å². The van der Waals surface area contributed by atoms with Crippen LogP contribution < -0.4 is 10.5 Å². The first-order valence-electron chi connectivity index (χ1n) is 5.12. The van der Waals surface area contributed by atoms with E-state index in [-0.39, 0.29) is 10.8 Å². The van der Waals surface area contributed by atoms with Crippen LogP contribution in [0.5, 0.6) is 0 Å². The van der Waals surface area contributed by atoms with Crippen molar-refractivity contribution in [1.29, 1.82) is 0 Å². The molecule has 0 aliphatic carbocycles. The summed E-state index contributed by atoms with van der Waals surface area (Å²) in [6.07, 6.45) is 2.79. The van der Waals surface area contributed by atoms with E-state index in [0.717, 1.165) is 5.69 Å². The van der Waals surface area contributed by atoms with Crippen molar-refractivity contribution in [2.75, 3.05) is 10.5 Å². The highest BCUT2D eigenvalue weighted by Crippen LogP contribution is 2.19. The van der Waals surface area contributed by atoms with Crippen LogP contribution in [0.2, 0.25) is 0 Å². The summed E-state index contributed by atoms with van der Waals surface area (Å²) in [6.45, 7) is 1.82. The number of rotatable bonds is 3. The molecule has 8 heteroatoms. The minimum atomic E-state index is -3.76. The van der Waals surface area contributed by atoms with Crippen LogP contribution in [-0.2, 0) is 17.1 Å². The average Bonchev–Trinajstić information content (AvgIpc) is 2.62. The topological polar surface area (TPSA) is 103 Å². The van der Waals surface area contributed by atoms with E-state index >= 15 is 0 Å². The summed E-state index contributed by atoms with van der Waals surface area (Å²) in [7, 11) is -2.20. The Balaban J connectivity index is 2.36. The third-order valence-corrected chi connectivity index (χ3v) is 3.84. The molecule has 2 heterocycles. The largest absolute Gasteiger partial charge is 0.381 e. The SMILES string of the molecule is Cc1ccc(NS(=O)(=O)c2c(N)ncn2C)cn1. The summed E-state index contributed by atoms with van der Waals surface area (Å²) in [6, 6.07) is 3.34. The van der Waals surface area contributed by atoms with Crippen LogP contribution in [0.4, 0.5) is 11.5 Å². The van der Waals surface area contributed by atoms with E-state index in [1.54, 1.807) is 19.2 Å². The Labute approximate surface area is 105 Å². The minimum absolute atomic E-state index is 0.0370. The number of hydrogen-bond donors (Lipinski definition) is 2. The van der Waals surface area contributed by atoms with E-state index in [1.807, 2.05) is 6.92 Å². The van der Waals surface area contributed by atoms with Gasteiger partial charge in [0, 0.05) is 12.7 Å². The van der Waals surface area contributed by atoms with Crippen LogP contribution in [0.25, 0.3) is 0 Å². The van der Waals surface area contributed by atoms with Gasteiger partial charge in [0.05, 0.1) is 18.2 Å². The van der Waals surface area contributed by atoms with Crippen LogP contribution in [0.1, 0.15) is 5.69 Å². The molecular formula is C10H13N5O2S. The predicted octanol–water partition coefficient (Wildman–Crippen LogP) is 0.507.